The second kappa shape index (κ2) is 4.73. The molecule has 0 bridgehead atoms. The molecule has 2 N–H and O–H groups in total. The molecule has 0 fully saturated rings. The lowest BCUT2D eigenvalue weighted by Gasteiger charge is -2.24. The van der Waals surface area contributed by atoms with Gasteiger partial charge < -0.3 is 5.73 Å². The molecule has 98 valence electrons. The Morgan fingerprint density at radius 1 is 1.05 bits per heavy atom. The predicted octanol–water partition coefficient (Wildman–Crippen LogP) is 3.63. The third-order valence-corrected chi connectivity index (χ3v) is 4.67. The first-order valence-electron chi connectivity index (χ1n) is 6.36. The third-order valence-electron chi connectivity index (χ3n) is 3.78. The summed E-state index contributed by atoms with van der Waals surface area (Å²) in [5.41, 5.74) is 9.79. The molecule has 0 atom stereocenters. The van der Waals surface area contributed by atoms with E-state index in [9.17, 15) is 4.39 Å². The maximum absolute atomic E-state index is 13.6. The van der Waals surface area contributed by atoms with Gasteiger partial charge in [0.25, 0.3) is 0 Å². The summed E-state index contributed by atoms with van der Waals surface area (Å²) in [7, 11) is 0. The molecule has 0 radical (unpaired) electrons. The first kappa shape index (κ1) is 12.8. The largest absolute Gasteiger partial charge is 0.324 e. The summed E-state index contributed by atoms with van der Waals surface area (Å²) in [6.07, 6.45) is 2.39. The Morgan fingerprint density at radius 2 is 1.68 bits per heavy atom. The summed E-state index contributed by atoms with van der Waals surface area (Å²) in [4.78, 5) is 0. The van der Waals surface area contributed by atoms with Crippen LogP contribution in [0.3, 0.4) is 0 Å². The molecule has 0 saturated carbocycles. The van der Waals surface area contributed by atoms with Crippen LogP contribution >= 0.6 is 15.9 Å². The van der Waals surface area contributed by atoms with Crippen molar-refractivity contribution in [2.45, 2.75) is 24.8 Å². The topological polar surface area (TPSA) is 26.0 Å². The number of rotatable bonds is 2. The molecule has 0 heterocycles. The van der Waals surface area contributed by atoms with Crippen LogP contribution in [-0.4, -0.2) is 5.54 Å². The molecule has 0 spiro atoms. The maximum atomic E-state index is 13.6. The first-order chi connectivity index (χ1) is 9.07. The van der Waals surface area contributed by atoms with E-state index in [0.717, 1.165) is 18.4 Å². The predicted molar refractivity (Wildman–Crippen MR) is 78.6 cm³/mol. The molecule has 1 aliphatic carbocycles. The number of benzene rings is 2. The van der Waals surface area contributed by atoms with Gasteiger partial charge in [0, 0.05) is 5.54 Å². The van der Waals surface area contributed by atoms with Crippen molar-refractivity contribution in [3.63, 3.8) is 0 Å². The Hall–Kier alpha value is -1.19. The van der Waals surface area contributed by atoms with Gasteiger partial charge in [0.05, 0.1) is 4.47 Å². The Balaban J connectivity index is 1.87. The summed E-state index contributed by atoms with van der Waals surface area (Å²) in [5, 5.41) is 0. The molecule has 0 saturated heterocycles. The minimum Gasteiger partial charge on any atom is -0.324 e. The van der Waals surface area contributed by atoms with Crippen LogP contribution in [0, 0.1) is 5.82 Å². The summed E-state index contributed by atoms with van der Waals surface area (Å²) in [6.45, 7) is 0. The van der Waals surface area contributed by atoms with Crippen molar-refractivity contribution < 1.29 is 4.39 Å². The average molecular weight is 320 g/mol. The summed E-state index contributed by atoms with van der Waals surface area (Å²) >= 11 is 3.32. The molecule has 3 heteroatoms. The van der Waals surface area contributed by atoms with Gasteiger partial charge in [-0.05, 0) is 57.9 Å². The normalized spacial score (nSPS) is 16.4. The SMILES string of the molecule is NC1(Cc2cccc(F)c2Br)Cc2ccccc2C1. The second-order valence-electron chi connectivity index (χ2n) is 5.37. The van der Waals surface area contributed by atoms with Crippen LogP contribution in [-0.2, 0) is 19.3 Å². The van der Waals surface area contributed by atoms with Crippen molar-refractivity contribution in [1.29, 1.82) is 0 Å². The van der Waals surface area contributed by atoms with Gasteiger partial charge in [-0.25, -0.2) is 4.39 Å². The van der Waals surface area contributed by atoms with Crippen molar-refractivity contribution in [1.82, 2.24) is 0 Å². The monoisotopic (exact) mass is 319 g/mol. The molecule has 0 aliphatic heterocycles. The Labute approximate surface area is 120 Å². The van der Waals surface area contributed by atoms with Crippen molar-refractivity contribution in [2.75, 3.05) is 0 Å². The number of fused-ring (bicyclic) bond motifs is 1. The van der Waals surface area contributed by atoms with Gasteiger partial charge in [-0.2, -0.15) is 0 Å². The van der Waals surface area contributed by atoms with Gasteiger partial charge >= 0.3 is 0 Å². The molecular weight excluding hydrogens is 305 g/mol. The van der Waals surface area contributed by atoms with Crippen molar-refractivity contribution in [3.05, 3.63) is 69.4 Å². The Morgan fingerprint density at radius 3 is 2.32 bits per heavy atom. The summed E-state index contributed by atoms with van der Waals surface area (Å²) in [6, 6.07) is 13.5. The van der Waals surface area contributed by atoms with E-state index >= 15 is 0 Å². The van der Waals surface area contributed by atoms with Gasteiger partial charge in [-0.1, -0.05) is 36.4 Å². The highest BCUT2D eigenvalue weighted by Crippen LogP contribution is 2.33. The average Bonchev–Trinajstić information content (AvgIpc) is 2.71. The zero-order valence-electron chi connectivity index (χ0n) is 10.5. The van der Waals surface area contributed by atoms with Crippen LogP contribution in [0.5, 0.6) is 0 Å². The molecule has 2 aromatic carbocycles. The highest BCUT2D eigenvalue weighted by molar-refractivity contribution is 9.10. The summed E-state index contributed by atoms with van der Waals surface area (Å²) < 4.78 is 14.1. The minimum atomic E-state index is -0.306. The molecular formula is C16H15BrFN. The van der Waals surface area contributed by atoms with Crippen LogP contribution in [0.4, 0.5) is 4.39 Å². The van der Waals surface area contributed by atoms with Crippen LogP contribution in [0.1, 0.15) is 16.7 Å². The molecule has 0 aromatic heterocycles. The van der Waals surface area contributed by atoms with E-state index in [1.807, 2.05) is 18.2 Å². The molecule has 0 amide bonds. The minimum absolute atomic E-state index is 0.225. The first-order valence-corrected chi connectivity index (χ1v) is 7.15. The van der Waals surface area contributed by atoms with Gasteiger partial charge in [0.15, 0.2) is 0 Å². The highest BCUT2D eigenvalue weighted by Gasteiger charge is 2.33. The summed E-state index contributed by atoms with van der Waals surface area (Å²) in [5.74, 6) is -0.225. The van der Waals surface area contributed by atoms with Gasteiger partial charge in [0.2, 0.25) is 0 Å². The molecule has 3 rings (SSSR count). The van der Waals surface area contributed by atoms with Gasteiger partial charge in [-0.15, -0.1) is 0 Å². The lowest BCUT2D eigenvalue weighted by molar-refractivity contribution is 0.444. The van der Waals surface area contributed by atoms with E-state index in [0.29, 0.717) is 10.9 Å². The third kappa shape index (κ3) is 2.45. The van der Waals surface area contributed by atoms with Crippen molar-refractivity contribution in [3.8, 4) is 0 Å². The standard InChI is InChI=1S/C16H15BrFN/c17-15-13(6-3-7-14(15)18)10-16(19)8-11-4-1-2-5-12(11)9-16/h1-7H,8-10,19H2. The molecule has 0 unspecified atom stereocenters. The fourth-order valence-corrected chi connectivity index (χ4v) is 3.32. The van der Waals surface area contributed by atoms with E-state index in [1.54, 1.807) is 6.07 Å². The Bertz CT molecular complexity index is 599. The fourth-order valence-electron chi connectivity index (χ4n) is 2.91. The van der Waals surface area contributed by atoms with E-state index < -0.39 is 0 Å². The molecule has 1 nitrogen and oxygen atoms in total. The molecule has 1 aliphatic rings. The zero-order valence-corrected chi connectivity index (χ0v) is 12.1. The van der Waals surface area contributed by atoms with Crippen molar-refractivity contribution in [2.24, 2.45) is 5.73 Å². The van der Waals surface area contributed by atoms with E-state index in [4.69, 9.17) is 5.73 Å². The number of hydrogen-bond donors (Lipinski definition) is 1. The van der Waals surface area contributed by atoms with E-state index in [2.05, 4.69) is 28.1 Å². The van der Waals surface area contributed by atoms with Crippen LogP contribution < -0.4 is 5.73 Å². The number of halogens is 2. The van der Waals surface area contributed by atoms with E-state index in [1.165, 1.54) is 17.2 Å². The number of hydrogen-bond acceptors (Lipinski definition) is 1. The smallest absolute Gasteiger partial charge is 0.137 e. The fraction of sp³-hybridized carbons (Fsp3) is 0.250. The van der Waals surface area contributed by atoms with Gasteiger partial charge in [-0.3, -0.25) is 0 Å². The molecule has 19 heavy (non-hydrogen) atoms. The second-order valence-corrected chi connectivity index (χ2v) is 6.17. The number of nitrogens with two attached hydrogens (primary N) is 1. The highest BCUT2D eigenvalue weighted by atomic mass is 79.9. The maximum Gasteiger partial charge on any atom is 0.137 e. The lowest BCUT2D eigenvalue weighted by Crippen LogP contribution is -2.43. The van der Waals surface area contributed by atoms with Gasteiger partial charge in [0.1, 0.15) is 5.82 Å². The van der Waals surface area contributed by atoms with Crippen LogP contribution in [0.2, 0.25) is 0 Å². The zero-order chi connectivity index (χ0) is 13.5. The Kier molecular flexibility index (Phi) is 3.19. The van der Waals surface area contributed by atoms with E-state index in [-0.39, 0.29) is 11.4 Å². The van der Waals surface area contributed by atoms with Crippen LogP contribution in [0.15, 0.2) is 46.9 Å². The lowest BCUT2D eigenvalue weighted by atomic mass is 9.89. The molecule has 2 aromatic rings. The quantitative estimate of drug-likeness (QED) is 0.898. The van der Waals surface area contributed by atoms with Crippen LogP contribution in [0.25, 0.3) is 0 Å². The van der Waals surface area contributed by atoms with Crippen molar-refractivity contribution >= 4 is 15.9 Å².